The summed E-state index contributed by atoms with van der Waals surface area (Å²) in [5, 5.41) is 3.21. The molecule has 18 heavy (non-hydrogen) atoms. The molecule has 0 spiro atoms. The summed E-state index contributed by atoms with van der Waals surface area (Å²) in [7, 11) is 0. The zero-order valence-corrected chi connectivity index (χ0v) is 10.6. The molecular weight excluding hydrogens is 236 g/mol. The Morgan fingerprint density at radius 2 is 2.11 bits per heavy atom. The Hall–Kier alpha value is -0.970. The first-order valence-electron chi connectivity index (χ1n) is 6.78. The lowest BCUT2D eigenvalue weighted by atomic mass is 9.87. The number of rotatable bonds is 6. The second kappa shape index (κ2) is 6.83. The summed E-state index contributed by atoms with van der Waals surface area (Å²) >= 11 is 0. The molecule has 2 rings (SSSR count). The molecule has 102 valence electrons. The minimum absolute atomic E-state index is 0.411. The highest BCUT2D eigenvalue weighted by Crippen LogP contribution is 2.25. The summed E-state index contributed by atoms with van der Waals surface area (Å²) in [4.78, 5) is 3.94. The van der Waals surface area contributed by atoms with E-state index in [4.69, 9.17) is 0 Å². The summed E-state index contributed by atoms with van der Waals surface area (Å²) in [6.07, 6.45) is 10.6. The third kappa shape index (κ3) is 3.77. The Morgan fingerprint density at radius 3 is 2.83 bits per heavy atom. The molecule has 0 aromatic carbocycles. The van der Waals surface area contributed by atoms with E-state index in [2.05, 4.69) is 10.3 Å². The van der Waals surface area contributed by atoms with Gasteiger partial charge in [-0.2, -0.15) is 8.78 Å². The Labute approximate surface area is 107 Å². The van der Waals surface area contributed by atoms with Crippen molar-refractivity contribution in [2.24, 2.45) is 5.92 Å². The van der Waals surface area contributed by atoms with Crippen LogP contribution in [0.15, 0.2) is 12.4 Å². The molecule has 1 fully saturated rings. The zero-order valence-electron chi connectivity index (χ0n) is 10.6. The van der Waals surface area contributed by atoms with Gasteiger partial charge in [-0.3, -0.25) is 4.57 Å². The lowest BCUT2D eigenvalue weighted by Gasteiger charge is -2.21. The average molecular weight is 257 g/mol. The Kier molecular flexibility index (Phi) is 5.11. The predicted molar refractivity (Wildman–Crippen MR) is 66.4 cm³/mol. The van der Waals surface area contributed by atoms with Crippen LogP contribution in [0.4, 0.5) is 8.78 Å². The molecule has 0 unspecified atom stereocenters. The Balaban J connectivity index is 1.66. The van der Waals surface area contributed by atoms with Crippen molar-refractivity contribution in [3.8, 4) is 0 Å². The summed E-state index contributed by atoms with van der Waals surface area (Å²) in [5.41, 5.74) is 0. The molecule has 5 heteroatoms. The van der Waals surface area contributed by atoms with Crippen LogP contribution in [0.2, 0.25) is 0 Å². The highest BCUT2D eigenvalue weighted by atomic mass is 19.3. The smallest absolute Gasteiger partial charge is 0.310 e. The summed E-state index contributed by atoms with van der Waals surface area (Å²) < 4.78 is 26.0. The van der Waals surface area contributed by atoms with Gasteiger partial charge in [-0.25, -0.2) is 4.98 Å². The van der Waals surface area contributed by atoms with Crippen LogP contribution in [0.3, 0.4) is 0 Å². The van der Waals surface area contributed by atoms with Gasteiger partial charge in [-0.15, -0.1) is 0 Å². The fourth-order valence-electron chi connectivity index (χ4n) is 2.64. The molecule has 0 radical (unpaired) electrons. The maximum Gasteiger partial charge on any atom is 0.319 e. The van der Waals surface area contributed by atoms with Gasteiger partial charge in [-0.1, -0.05) is 32.1 Å². The second-order valence-electron chi connectivity index (χ2n) is 5.00. The maximum absolute atomic E-state index is 12.6. The third-order valence-corrected chi connectivity index (χ3v) is 3.70. The summed E-state index contributed by atoms with van der Waals surface area (Å²) in [6, 6.07) is 0. The number of imidazole rings is 1. The van der Waals surface area contributed by atoms with E-state index in [1.54, 1.807) is 0 Å². The quantitative estimate of drug-likeness (QED) is 0.792. The van der Waals surface area contributed by atoms with Crippen LogP contribution in [0.25, 0.3) is 0 Å². The minimum Gasteiger partial charge on any atom is -0.310 e. The fraction of sp³-hybridized carbons (Fsp3) is 0.769. The van der Waals surface area contributed by atoms with E-state index in [1.165, 1.54) is 44.5 Å². The summed E-state index contributed by atoms with van der Waals surface area (Å²) in [5.74, 6) is 1.23. The molecule has 0 amide bonds. The van der Waals surface area contributed by atoms with Gasteiger partial charge in [0.15, 0.2) is 0 Å². The van der Waals surface area contributed by atoms with Crippen LogP contribution in [0.5, 0.6) is 0 Å². The van der Waals surface area contributed by atoms with Crippen LogP contribution >= 0.6 is 0 Å². The van der Waals surface area contributed by atoms with Crippen molar-refractivity contribution in [2.75, 3.05) is 6.54 Å². The van der Waals surface area contributed by atoms with Crippen molar-refractivity contribution in [3.63, 3.8) is 0 Å². The van der Waals surface area contributed by atoms with E-state index in [-0.39, 0.29) is 0 Å². The summed E-state index contributed by atoms with van der Waals surface area (Å²) in [6.45, 7) is -1.19. The van der Waals surface area contributed by atoms with E-state index in [9.17, 15) is 8.78 Å². The van der Waals surface area contributed by atoms with E-state index < -0.39 is 6.55 Å². The molecule has 0 atom stereocenters. The Morgan fingerprint density at radius 1 is 1.33 bits per heavy atom. The average Bonchev–Trinajstić information content (AvgIpc) is 2.84. The molecule has 3 nitrogen and oxygen atoms in total. The highest BCUT2D eigenvalue weighted by Gasteiger charge is 2.13. The van der Waals surface area contributed by atoms with Gasteiger partial charge < -0.3 is 5.32 Å². The van der Waals surface area contributed by atoms with Crippen LogP contribution < -0.4 is 5.32 Å². The van der Waals surface area contributed by atoms with Gasteiger partial charge in [0.25, 0.3) is 0 Å². The topological polar surface area (TPSA) is 29.9 Å². The number of alkyl halides is 2. The van der Waals surface area contributed by atoms with Crippen LogP contribution in [0.1, 0.15) is 50.9 Å². The molecule has 1 aliphatic rings. The number of nitrogens with zero attached hydrogens (tertiary/aromatic N) is 2. The van der Waals surface area contributed by atoms with E-state index in [1.807, 2.05) is 0 Å². The molecular formula is C13H21F2N3. The fourth-order valence-corrected chi connectivity index (χ4v) is 2.64. The van der Waals surface area contributed by atoms with E-state index >= 15 is 0 Å². The van der Waals surface area contributed by atoms with E-state index in [0.29, 0.717) is 12.4 Å². The largest absolute Gasteiger partial charge is 0.319 e. The Bertz CT molecular complexity index is 346. The van der Waals surface area contributed by atoms with Crippen molar-refractivity contribution in [1.82, 2.24) is 14.9 Å². The monoisotopic (exact) mass is 257 g/mol. The number of halogens is 2. The van der Waals surface area contributed by atoms with Gasteiger partial charge in [0.05, 0.1) is 6.54 Å². The van der Waals surface area contributed by atoms with Crippen molar-refractivity contribution >= 4 is 0 Å². The molecule has 1 heterocycles. The number of nitrogens with one attached hydrogen (secondary N) is 1. The molecule has 0 bridgehead atoms. The normalized spacial score (nSPS) is 17.5. The lowest BCUT2D eigenvalue weighted by Crippen LogP contribution is -2.21. The van der Waals surface area contributed by atoms with Crippen molar-refractivity contribution in [1.29, 1.82) is 0 Å². The molecule has 1 aromatic rings. The molecule has 1 saturated carbocycles. The predicted octanol–water partition coefficient (Wildman–Crippen LogP) is 3.34. The van der Waals surface area contributed by atoms with Gasteiger partial charge in [0, 0.05) is 12.4 Å². The van der Waals surface area contributed by atoms with Gasteiger partial charge >= 0.3 is 6.55 Å². The van der Waals surface area contributed by atoms with Crippen LogP contribution in [-0.2, 0) is 6.54 Å². The SMILES string of the molecule is FC(F)n1ccnc1CNCCC1CCCCC1. The van der Waals surface area contributed by atoms with Crippen molar-refractivity contribution in [2.45, 2.75) is 51.6 Å². The molecule has 1 aromatic heterocycles. The molecule has 0 saturated heterocycles. The van der Waals surface area contributed by atoms with E-state index in [0.717, 1.165) is 23.5 Å². The third-order valence-electron chi connectivity index (χ3n) is 3.70. The maximum atomic E-state index is 12.6. The number of aromatic nitrogens is 2. The second-order valence-corrected chi connectivity index (χ2v) is 5.00. The molecule has 0 aliphatic heterocycles. The molecule has 1 aliphatic carbocycles. The number of hydrogen-bond donors (Lipinski definition) is 1. The van der Waals surface area contributed by atoms with Crippen molar-refractivity contribution < 1.29 is 8.78 Å². The first-order valence-corrected chi connectivity index (χ1v) is 6.78. The first-order chi connectivity index (χ1) is 8.77. The number of hydrogen-bond acceptors (Lipinski definition) is 2. The minimum atomic E-state index is -2.50. The van der Waals surface area contributed by atoms with Crippen LogP contribution in [0, 0.1) is 5.92 Å². The van der Waals surface area contributed by atoms with Crippen LogP contribution in [-0.4, -0.2) is 16.1 Å². The molecule has 1 N–H and O–H groups in total. The van der Waals surface area contributed by atoms with Gasteiger partial charge in [-0.05, 0) is 18.9 Å². The highest BCUT2D eigenvalue weighted by molar-refractivity contribution is 4.92. The van der Waals surface area contributed by atoms with Crippen molar-refractivity contribution in [3.05, 3.63) is 18.2 Å². The zero-order chi connectivity index (χ0) is 12.8. The lowest BCUT2D eigenvalue weighted by molar-refractivity contribution is 0.0666. The van der Waals surface area contributed by atoms with Gasteiger partial charge in [0.1, 0.15) is 5.82 Å². The van der Waals surface area contributed by atoms with Gasteiger partial charge in [0.2, 0.25) is 0 Å². The standard InChI is InChI=1S/C13H21F2N3/c14-13(15)18-9-8-17-12(18)10-16-7-6-11-4-2-1-3-5-11/h8-9,11,13,16H,1-7,10H2. The first kappa shape index (κ1) is 13.5.